The minimum atomic E-state index is 0.250. The van der Waals surface area contributed by atoms with Crippen LogP contribution < -0.4 is 5.11 Å². The fourth-order valence-corrected chi connectivity index (χ4v) is 0.300. The van der Waals surface area contributed by atoms with Gasteiger partial charge in [0.25, 0.3) is 0 Å². The molecular formula is C6H14NO3. The number of hydrogen-bond acceptors (Lipinski definition) is 3. The van der Waals surface area contributed by atoms with E-state index in [1.807, 2.05) is 0 Å². The lowest BCUT2D eigenvalue weighted by molar-refractivity contribution is -0.870. The first-order valence-electron chi connectivity index (χ1n) is 2.88. The zero-order chi connectivity index (χ0) is 8.62. The molecule has 0 spiro atoms. The monoisotopic (exact) mass is 148 g/mol. The van der Waals surface area contributed by atoms with Crippen molar-refractivity contribution >= 4 is 6.47 Å². The van der Waals surface area contributed by atoms with Gasteiger partial charge in [-0.2, -0.15) is 0 Å². The predicted molar refractivity (Wildman–Crippen MR) is 35.7 cm³/mol. The molecule has 0 aliphatic rings. The SMILES string of the molecule is C[N+](C)(C)CCO.O=[C][O-]. The van der Waals surface area contributed by atoms with Crippen molar-refractivity contribution in [3.8, 4) is 0 Å². The van der Waals surface area contributed by atoms with Gasteiger partial charge in [-0.15, -0.1) is 0 Å². The van der Waals surface area contributed by atoms with Crippen LogP contribution in [0.4, 0.5) is 0 Å². The first-order valence-corrected chi connectivity index (χ1v) is 2.88. The second-order valence-corrected chi connectivity index (χ2v) is 2.82. The number of rotatable bonds is 2. The van der Waals surface area contributed by atoms with Crippen molar-refractivity contribution in [1.29, 1.82) is 0 Å². The van der Waals surface area contributed by atoms with Crippen LogP contribution in [0.5, 0.6) is 0 Å². The highest BCUT2D eigenvalue weighted by Gasteiger charge is 2.02. The Morgan fingerprint density at radius 2 is 1.80 bits per heavy atom. The smallest absolute Gasteiger partial charge is 0.101 e. The molecule has 1 radical (unpaired) electrons. The molecule has 0 fully saturated rings. The third kappa shape index (κ3) is 26.3. The van der Waals surface area contributed by atoms with Crippen molar-refractivity contribution in [2.75, 3.05) is 34.3 Å². The van der Waals surface area contributed by atoms with Crippen LogP contribution in [0, 0.1) is 0 Å². The molecule has 1 N–H and O–H groups in total. The Balaban J connectivity index is 0. The normalized spacial score (nSPS) is 9.60. The summed E-state index contributed by atoms with van der Waals surface area (Å²) in [7, 11) is 6.16. The van der Waals surface area contributed by atoms with E-state index in [4.69, 9.17) is 15.0 Å². The van der Waals surface area contributed by atoms with Crippen LogP contribution in [0.3, 0.4) is 0 Å². The zero-order valence-corrected chi connectivity index (χ0v) is 6.63. The number of aliphatic hydroxyl groups is 1. The summed E-state index contributed by atoms with van der Waals surface area (Å²) in [4.78, 5) is 8.12. The lowest BCUT2D eigenvalue weighted by Crippen LogP contribution is -2.36. The molecule has 4 nitrogen and oxygen atoms in total. The van der Waals surface area contributed by atoms with Crippen LogP contribution in [0.2, 0.25) is 0 Å². The molecule has 0 unspecified atom stereocenters. The highest BCUT2D eigenvalue weighted by Crippen LogP contribution is 1.84. The lowest BCUT2D eigenvalue weighted by atomic mass is 10.5. The molecule has 0 saturated carbocycles. The van der Waals surface area contributed by atoms with Gasteiger partial charge in [0.2, 0.25) is 0 Å². The predicted octanol–water partition coefficient (Wildman–Crippen LogP) is -2.04. The molecule has 61 valence electrons. The molecule has 0 aliphatic heterocycles. The first-order chi connectivity index (χ1) is 4.47. The maximum absolute atomic E-state index is 8.39. The first kappa shape index (κ1) is 12.1. The maximum Gasteiger partial charge on any atom is 0.101 e. The Bertz CT molecular complexity index is 77.6. The minimum Gasteiger partial charge on any atom is -0.543 e. The van der Waals surface area contributed by atoms with E-state index in [0.717, 1.165) is 11.0 Å². The van der Waals surface area contributed by atoms with Crippen LogP contribution in [-0.4, -0.2) is 50.4 Å². The number of aliphatic hydroxyl groups excluding tert-OH is 1. The highest BCUT2D eigenvalue weighted by molar-refractivity contribution is 5.30. The Morgan fingerprint density at radius 1 is 1.50 bits per heavy atom. The molecule has 0 aromatic heterocycles. The van der Waals surface area contributed by atoms with Gasteiger partial charge in [0.05, 0.1) is 34.2 Å². The van der Waals surface area contributed by atoms with Gasteiger partial charge in [-0.05, 0) is 0 Å². The van der Waals surface area contributed by atoms with Crippen molar-refractivity contribution < 1.29 is 19.5 Å². The van der Waals surface area contributed by atoms with Crippen molar-refractivity contribution in [2.24, 2.45) is 0 Å². The Morgan fingerprint density at radius 3 is 1.80 bits per heavy atom. The van der Waals surface area contributed by atoms with Crippen LogP contribution in [0.1, 0.15) is 0 Å². The molecule has 0 aromatic carbocycles. The second kappa shape index (κ2) is 6.51. The van der Waals surface area contributed by atoms with E-state index < -0.39 is 0 Å². The number of carbonyl (C=O) groups excluding carboxylic acids is 1. The van der Waals surface area contributed by atoms with E-state index in [-0.39, 0.29) is 13.1 Å². The van der Waals surface area contributed by atoms with Crippen LogP contribution >= 0.6 is 0 Å². The van der Waals surface area contributed by atoms with Gasteiger partial charge in [-0.1, -0.05) is 0 Å². The van der Waals surface area contributed by atoms with Gasteiger partial charge in [0.1, 0.15) is 6.54 Å². The van der Waals surface area contributed by atoms with E-state index in [0.29, 0.717) is 0 Å². The standard InChI is InChI=1S/C5H14NO.CO2/c1-6(2,3)4-5-7;2-1-3/h7H,4-5H2,1-3H3;/q+1;-1. The summed E-state index contributed by atoms with van der Waals surface area (Å²) in [5.74, 6) is 0. The molecular weight excluding hydrogens is 134 g/mol. The summed E-state index contributed by atoms with van der Waals surface area (Å²) in [6, 6.07) is 0. The Labute approximate surface area is 61.3 Å². The summed E-state index contributed by atoms with van der Waals surface area (Å²) in [5.41, 5.74) is 0. The highest BCUT2D eigenvalue weighted by atomic mass is 16.3. The summed E-state index contributed by atoms with van der Waals surface area (Å²) in [6.45, 7) is 1.36. The van der Waals surface area contributed by atoms with E-state index in [9.17, 15) is 0 Å². The van der Waals surface area contributed by atoms with Crippen LogP contribution in [0.15, 0.2) is 0 Å². The molecule has 0 heterocycles. The van der Waals surface area contributed by atoms with Crippen molar-refractivity contribution in [3.05, 3.63) is 0 Å². The van der Waals surface area contributed by atoms with Gasteiger partial charge in [-0.25, -0.2) is 0 Å². The molecule has 0 bridgehead atoms. The van der Waals surface area contributed by atoms with Crippen molar-refractivity contribution in [3.63, 3.8) is 0 Å². The molecule has 0 amide bonds. The average molecular weight is 148 g/mol. The molecule has 0 rings (SSSR count). The summed E-state index contributed by atoms with van der Waals surface area (Å²) in [5, 5.41) is 16.5. The molecule has 0 aromatic rings. The van der Waals surface area contributed by atoms with Gasteiger partial charge in [-0.3, -0.25) is 0 Å². The van der Waals surface area contributed by atoms with Crippen LogP contribution in [0.25, 0.3) is 0 Å². The van der Waals surface area contributed by atoms with Crippen molar-refractivity contribution in [2.45, 2.75) is 0 Å². The van der Waals surface area contributed by atoms with Gasteiger partial charge in [0, 0.05) is 0 Å². The van der Waals surface area contributed by atoms with E-state index in [1.165, 1.54) is 0 Å². The number of quaternary nitrogens is 1. The van der Waals surface area contributed by atoms with Gasteiger partial charge in [0.15, 0.2) is 0 Å². The number of likely N-dealkylation sites (N-methyl/N-ethyl adjacent to an activating group) is 1. The van der Waals surface area contributed by atoms with Crippen LogP contribution in [-0.2, 0) is 4.79 Å². The zero-order valence-electron chi connectivity index (χ0n) is 6.63. The number of nitrogens with zero attached hydrogens (tertiary/aromatic N) is 1. The third-order valence-electron chi connectivity index (χ3n) is 0.771. The maximum atomic E-state index is 8.39. The Hall–Kier alpha value is -0.610. The van der Waals surface area contributed by atoms with Gasteiger partial charge >= 0.3 is 0 Å². The quantitative estimate of drug-likeness (QED) is 0.459. The Kier molecular flexibility index (Phi) is 7.88. The third-order valence-corrected chi connectivity index (χ3v) is 0.771. The summed E-state index contributed by atoms with van der Waals surface area (Å²) < 4.78 is 0.844. The second-order valence-electron chi connectivity index (χ2n) is 2.82. The van der Waals surface area contributed by atoms with E-state index in [2.05, 4.69) is 21.1 Å². The molecule has 10 heavy (non-hydrogen) atoms. The average Bonchev–Trinajstić information content (AvgIpc) is 1.63. The summed E-state index contributed by atoms with van der Waals surface area (Å²) >= 11 is 0. The molecule has 0 atom stereocenters. The lowest BCUT2D eigenvalue weighted by Gasteiger charge is -2.21. The number of hydrogen-bond donors (Lipinski definition) is 1. The molecule has 0 aliphatic carbocycles. The van der Waals surface area contributed by atoms with Crippen molar-refractivity contribution in [1.82, 2.24) is 0 Å². The fraction of sp³-hybridized carbons (Fsp3) is 0.833. The van der Waals surface area contributed by atoms with Gasteiger partial charge < -0.3 is 19.5 Å². The summed E-state index contributed by atoms with van der Waals surface area (Å²) in [6.07, 6.45) is 0. The fourth-order valence-electron chi connectivity index (χ4n) is 0.300. The topological polar surface area (TPSA) is 60.4 Å². The molecule has 0 saturated heterocycles. The van der Waals surface area contributed by atoms with E-state index in [1.54, 1.807) is 0 Å². The largest absolute Gasteiger partial charge is 0.543 e. The van der Waals surface area contributed by atoms with E-state index >= 15 is 0 Å². The molecule has 4 heteroatoms. The minimum absolute atomic E-state index is 0.250.